The maximum absolute atomic E-state index is 5.51. The molecule has 2 aromatic rings. The average molecular weight is 190 g/mol. The summed E-state index contributed by atoms with van der Waals surface area (Å²) in [6.07, 6.45) is 4.96. The molecule has 0 atom stereocenters. The van der Waals surface area contributed by atoms with Crippen molar-refractivity contribution in [2.24, 2.45) is 7.05 Å². The van der Waals surface area contributed by atoms with Gasteiger partial charge in [0.05, 0.1) is 11.9 Å². The summed E-state index contributed by atoms with van der Waals surface area (Å²) >= 11 is 0. The summed E-state index contributed by atoms with van der Waals surface area (Å²) in [4.78, 5) is 7.80. The van der Waals surface area contributed by atoms with Crippen LogP contribution in [0.3, 0.4) is 0 Å². The minimum atomic E-state index is 0.436. The second-order valence-corrected chi connectivity index (χ2v) is 2.86. The van der Waals surface area contributed by atoms with Gasteiger partial charge in [0.2, 0.25) is 0 Å². The highest BCUT2D eigenvalue weighted by atomic mass is 15.3. The highest BCUT2D eigenvalue weighted by Gasteiger charge is 1.98. The maximum atomic E-state index is 5.51. The van der Waals surface area contributed by atoms with Crippen molar-refractivity contribution < 1.29 is 0 Å². The van der Waals surface area contributed by atoms with E-state index in [9.17, 15) is 0 Å². The van der Waals surface area contributed by atoms with Crippen molar-refractivity contribution >= 4 is 17.3 Å². The molecule has 0 aliphatic rings. The molecule has 72 valence electrons. The van der Waals surface area contributed by atoms with Crippen molar-refractivity contribution in [3.63, 3.8) is 0 Å². The summed E-state index contributed by atoms with van der Waals surface area (Å²) in [5.74, 6) is 1.09. The van der Waals surface area contributed by atoms with Gasteiger partial charge in [0.25, 0.3) is 0 Å². The molecule has 14 heavy (non-hydrogen) atoms. The summed E-state index contributed by atoms with van der Waals surface area (Å²) in [5.41, 5.74) is 6.37. The maximum Gasteiger partial charge on any atom is 0.135 e. The van der Waals surface area contributed by atoms with Crippen molar-refractivity contribution in [1.82, 2.24) is 19.7 Å². The van der Waals surface area contributed by atoms with Gasteiger partial charge in [-0.1, -0.05) is 0 Å². The monoisotopic (exact) mass is 190 g/mol. The number of aromatic nitrogens is 4. The predicted molar refractivity (Wildman–Crippen MR) is 52.9 cm³/mol. The summed E-state index contributed by atoms with van der Waals surface area (Å²) in [6.45, 7) is 0. The molecule has 6 nitrogen and oxygen atoms in total. The molecular weight excluding hydrogens is 180 g/mol. The van der Waals surface area contributed by atoms with Gasteiger partial charge in [-0.3, -0.25) is 4.68 Å². The molecule has 6 heteroatoms. The molecule has 0 spiro atoms. The molecular formula is C8H10N6. The molecule has 0 aliphatic heterocycles. The Balaban J connectivity index is 2.18. The first-order chi connectivity index (χ1) is 6.74. The third kappa shape index (κ3) is 1.79. The zero-order valence-electron chi connectivity index (χ0n) is 7.68. The molecule has 0 saturated heterocycles. The fraction of sp³-hybridized carbons (Fsp3) is 0.125. The smallest absolute Gasteiger partial charge is 0.135 e. The minimum Gasteiger partial charge on any atom is -0.384 e. The highest BCUT2D eigenvalue weighted by Crippen LogP contribution is 2.13. The van der Waals surface area contributed by atoms with Gasteiger partial charge in [-0.15, -0.1) is 0 Å². The summed E-state index contributed by atoms with van der Waals surface area (Å²) < 4.78 is 1.70. The van der Waals surface area contributed by atoms with Crippen LogP contribution in [0.1, 0.15) is 0 Å². The van der Waals surface area contributed by atoms with Gasteiger partial charge >= 0.3 is 0 Å². The molecule has 0 amide bonds. The number of nitrogens with two attached hydrogens (primary N) is 1. The Labute approximate surface area is 80.8 Å². The predicted octanol–water partition coefficient (Wildman–Crippen LogP) is 0.536. The third-order valence-corrected chi connectivity index (χ3v) is 1.67. The van der Waals surface area contributed by atoms with Crippen LogP contribution in [0.4, 0.5) is 17.3 Å². The lowest BCUT2D eigenvalue weighted by molar-refractivity contribution is 0.768. The van der Waals surface area contributed by atoms with Crippen LogP contribution in [0.5, 0.6) is 0 Å². The number of nitrogens with zero attached hydrogens (tertiary/aromatic N) is 4. The normalized spacial score (nSPS) is 10.1. The van der Waals surface area contributed by atoms with E-state index in [2.05, 4.69) is 20.4 Å². The van der Waals surface area contributed by atoms with Crippen molar-refractivity contribution in [2.75, 3.05) is 11.1 Å². The molecule has 0 radical (unpaired) electrons. The number of nitrogens with one attached hydrogen (secondary N) is 1. The van der Waals surface area contributed by atoms with Crippen LogP contribution in [-0.2, 0) is 7.05 Å². The van der Waals surface area contributed by atoms with E-state index < -0.39 is 0 Å². The molecule has 0 aromatic carbocycles. The van der Waals surface area contributed by atoms with E-state index in [0.29, 0.717) is 11.6 Å². The molecule has 0 unspecified atom stereocenters. The van der Waals surface area contributed by atoms with E-state index in [1.165, 1.54) is 6.33 Å². The molecule has 3 N–H and O–H groups in total. The molecule has 0 bridgehead atoms. The molecule has 2 aromatic heterocycles. The van der Waals surface area contributed by atoms with Crippen LogP contribution in [0.25, 0.3) is 0 Å². The van der Waals surface area contributed by atoms with E-state index >= 15 is 0 Å². The zero-order valence-corrected chi connectivity index (χ0v) is 7.68. The largest absolute Gasteiger partial charge is 0.384 e. The van der Waals surface area contributed by atoms with Crippen molar-refractivity contribution in [2.45, 2.75) is 0 Å². The van der Waals surface area contributed by atoms with E-state index in [1.54, 1.807) is 16.9 Å². The topological polar surface area (TPSA) is 81.7 Å². The van der Waals surface area contributed by atoms with Crippen LogP contribution >= 0.6 is 0 Å². The van der Waals surface area contributed by atoms with Gasteiger partial charge in [-0.2, -0.15) is 5.10 Å². The Bertz CT molecular complexity index is 435. The first kappa shape index (κ1) is 8.49. The second kappa shape index (κ2) is 3.33. The van der Waals surface area contributed by atoms with Crippen LogP contribution in [-0.4, -0.2) is 19.7 Å². The van der Waals surface area contributed by atoms with E-state index in [-0.39, 0.29) is 0 Å². The average Bonchev–Trinajstić information content (AvgIpc) is 2.51. The Morgan fingerprint density at radius 1 is 1.43 bits per heavy atom. The van der Waals surface area contributed by atoms with Gasteiger partial charge in [0, 0.05) is 19.3 Å². The van der Waals surface area contributed by atoms with Gasteiger partial charge in [0.15, 0.2) is 0 Å². The lowest BCUT2D eigenvalue weighted by Crippen LogP contribution is -1.96. The number of rotatable bonds is 2. The van der Waals surface area contributed by atoms with Gasteiger partial charge < -0.3 is 11.1 Å². The first-order valence-electron chi connectivity index (χ1n) is 4.07. The van der Waals surface area contributed by atoms with Crippen LogP contribution in [0.2, 0.25) is 0 Å². The first-order valence-corrected chi connectivity index (χ1v) is 4.07. The van der Waals surface area contributed by atoms with Crippen molar-refractivity contribution in [3.05, 3.63) is 24.8 Å². The SMILES string of the molecule is Cn1cc(Nc2cc(N)ncn2)cn1. The number of hydrogen-bond acceptors (Lipinski definition) is 5. The van der Waals surface area contributed by atoms with E-state index in [0.717, 1.165) is 5.69 Å². The Morgan fingerprint density at radius 3 is 2.93 bits per heavy atom. The molecule has 0 saturated carbocycles. The number of anilines is 3. The third-order valence-electron chi connectivity index (χ3n) is 1.67. The van der Waals surface area contributed by atoms with Gasteiger partial charge in [-0.25, -0.2) is 9.97 Å². The molecule has 0 fully saturated rings. The Morgan fingerprint density at radius 2 is 2.29 bits per heavy atom. The van der Waals surface area contributed by atoms with Crippen molar-refractivity contribution in [1.29, 1.82) is 0 Å². The second-order valence-electron chi connectivity index (χ2n) is 2.86. The van der Waals surface area contributed by atoms with Gasteiger partial charge in [-0.05, 0) is 0 Å². The summed E-state index contributed by atoms with van der Waals surface area (Å²) in [6, 6.07) is 1.66. The van der Waals surface area contributed by atoms with Crippen LogP contribution in [0.15, 0.2) is 24.8 Å². The highest BCUT2D eigenvalue weighted by molar-refractivity contribution is 5.56. The lowest BCUT2D eigenvalue weighted by atomic mass is 10.5. The molecule has 0 aliphatic carbocycles. The Kier molecular flexibility index (Phi) is 2.02. The summed E-state index contributed by atoms with van der Waals surface area (Å²) in [5, 5.41) is 7.07. The van der Waals surface area contributed by atoms with E-state index in [4.69, 9.17) is 5.73 Å². The molecule has 2 heterocycles. The number of nitrogen functional groups attached to an aromatic ring is 1. The fourth-order valence-electron chi connectivity index (χ4n) is 1.07. The van der Waals surface area contributed by atoms with Crippen molar-refractivity contribution in [3.8, 4) is 0 Å². The van der Waals surface area contributed by atoms with Gasteiger partial charge in [0.1, 0.15) is 18.0 Å². The quantitative estimate of drug-likeness (QED) is 0.722. The van der Waals surface area contributed by atoms with E-state index in [1.807, 2.05) is 13.2 Å². The summed E-state index contributed by atoms with van der Waals surface area (Å²) in [7, 11) is 1.85. The molecule has 2 rings (SSSR count). The Hall–Kier alpha value is -2.11. The van der Waals surface area contributed by atoms with Crippen LogP contribution in [0, 0.1) is 0 Å². The lowest BCUT2D eigenvalue weighted by Gasteiger charge is -2.01. The zero-order chi connectivity index (χ0) is 9.97. The fourth-order valence-corrected chi connectivity index (χ4v) is 1.07. The van der Waals surface area contributed by atoms with Crippen LogP contribution < -0.4 is 11.1 Å². The standard InChI is InChI=1S/C8H10N6/c1-14-4-6(3-12-14)13-8-2-7(9)10-5-11-8/h2-5H,1H3,(H3,9,10,11,13). The number of aryl methyl sites for hydroxylation is 1. The number of hydrogen-bond donors (Lipinski definition) is 2. The minimum absolute atomic E-state index is 0.436.